The van der Waals surface area contributed by atoms with Crippen molar-refractivity contribution in [1.82, 2.24) is 4.98 Å². The Hall–Kier alpha value is -0.940. The predicted molar refractivity (Wildman–Crippen MR) is 67.4 cm³/mol. The average Bonchev–Trinajstić information content (AvgIpc) is 2.26. The van der Waals surface area contributed by atoms with Crippen LogP contribution in [0.15, 0.2) is 12.3 Å². The smallest absolute Gasteiger partial charge is 0.337 e. The Kier molecular flexibility index (Phi) is 4.89. The van der Waals surface area contributed by atoms with Crippen molar-refractivity contribution in [1.29, 1.82) is 0 Å². The van der Waals surface area contributed by atoms with Gasteiger partial charge in [0.1, 0.15) is 5.82 Å². The number of carboxylic acid groups (broad SMARTS) is 1. The lowest BCUT2D eigenvalue weighted by atomic mass is 10.2. The summed E-state index contributed by atoms with van der Waals surface area (Å²) < 4.78 is 1.93. The minimum absolute atomic E-state index is 0.0850. The van der Waals surface area contributed by atoms with Gasteiger partial charge in [-0.15, -0.1) is 0 Å². The molecule has 0 aliphatic heterocycles. The molecule has 0 amide bonds. The Morgan fingerprint density at radius 1 is 1.62 bits per heavy atom. The number of rotatable bonds is 5. The van der Waals surface area contributed by atoms with Gasteiger partial charge in [0, 0.05) is 18.5 Å². The SMILES string of the molecule is CCSN(CC)c1cc(C(=O)O)c(Cl)cn1. The van der Waals surface area contributed by atoms with E-state index in [0.717, 1.165) is 12.3 Å². The average molecular weight is 261 g/mol. The van der Waals surface area contributed by atoms with Gasteiger partial charge < -0.3 is 9.41 Å². The Morgan fingerprint density at radius 3 is 2.81 bits per heavy atom. The molecule has 0 aliphatic carbocycles. The quantitative estimate of drug-likeness (QED) is 0.825. The largest absolute Gasteiger partial charge is 0.478 e. The van der Waals surface area contributed by atoms with Crippen molar-refractivity contribution in [3.63, 3.8) is 0 Å². The van der Waals surface area contributed by atoms with Gasteiger partial charge in [-0.25, -0.2) is 9.78 Å². The van der Waals surface area contributed by atoms with Gasteiger partial charge in [0.05, 0.1) is 10.6 Å². The van der Waals surface area contributed by atoms with Gasteiger partial charge in [0.2, 0.25) is 0 Å². The van der Waals surface area contributed by atoms with E-state index in [9.17, 15) is 4.79 Å². The fourth-order valence-corrected chi connectivity index (χ4v) is 2.11. The van der Waals surface area contributed by atoms with Crippen LogP contribution in [-0.2, 0) is 0 Å². The topological polar surface area (TPSA) is 53.4 Å². The van der Waals surface area contributed by atoms with E-state index in [2.05, 4.69) is 4.98 Å². The number of anilines is 1. The summed E-state index contributed by atoms with van der Waals surface area (Å²) in [5.74, 6) is 0.489. The van der Waals surface area contributed by atoms with Gasteiger partial charge in [-0.1, -0.05) is 18.5 Å². The van der Waals surface area contributed by atoms with Gasteiger partial charge in [-0.2, -0.15) is 0 Å². The molecular formula is C10H13ClN2O2S. The monoisotopic (exact) mass is 260 g/mol. The Bertz CT molecular complexity index is 387. The lowest BCUT2D eigenvalue weighted by Gasteiger charge is -2.19. The molecule has 1 N–H and O–H groups in total. The van der Waals surface area contributed by atoms with E-state index in [1.807, 2.05) is 18.2 Å². The van der Waals surface area contributed by atoms with E-state index in [0.29, 0.717) is 5.82 Å². The van der Waals surface area contributed by atoms with Crippen LogP contribution in [0.1, 0.15) is 24.2 Å². The first-order chi connectivity index (χ1) is 7.60. The standard InChI is InChI=1S/C10H13ClN2O2S/c1-3-13(16-4-2)9-5-7(10(14)15)8(11)6-12-9/h5-6H,3-4H2,1-2H3,(H,14,15). The summed E-state index contributed by atoms with van der Waals surface area (Å²) in [6.45, 7) is 4.77. The maximum absolute atomic E-state index is 10.9. The second-order valence-corrected chi connectivity index (χ2v) is 4.62. The summed E-state index contributed by atoms with van der Waals surface area (Å²) >= 11 is 7.34. The number of halogens is 1. The summed E-state index contributed by atoms with van der Waals surface area (Å²) in [4.78, 5) is 15.0. The van der Waals surface area contributed by atoms with Crippen molar-refractivity contribution >= 4 is 35.3 Å². The third-order valence-electron chi connectivity index (χ3n) is 1.90. The third kappa shape index (κ3) is 3.02. The fourth-order valence-electron chi connectivity index (χ4n) is 1.20. The molecule has 88 valence electrons. The van der Waals surface area contributed by atoms with Gasteiger partial charge in [0.25, 0.3) is 0 Å². The van der Waals surface area contributed by atoms with Crippen LogP contribution in [0.2, 0.25) is 5.02 Å². The van der Waals surface area contributed by atoms with Gasteiger partial charge >= 0.3 is 5.97 Å². The van der Waals surface area contributed by atoms with E-state index in [1.165, 1.54) is 12.3 Å². The normalized spacial score (nSPS) is 10.2. The number of nitrogens with zero attached hydrogens (tertiary/aromatic N) is 2. The van der Waals surface area contributed by atoms with Crippen LogP contribution < -0.4 is 4.31 Å². The van der Waals surface area contributed by atoms with Gasteiger partial charge in [-0.05, 0) is 24.9 Å². The zero-order chi connectivity index (χ0) is 12.1. The summed E-state index contributed by atoms with van der Waals surface area (Å²) in [5.41, 5.74) is 0.0850. The number of aromatic nitrogens is 1. The van der Waals surface area contributed by atoms with Crippen molar-refractivity contribution in [2.45, 2.75) is 13.8 Å². The zero-order valence-electron chi connectivity index (χ0n) is 9.11. The third-order valence-corrected chi connectivity index (χ3v) is 3.22. The highest BCUT2D eigenvalue weighted by Crippen LogP contribution is 2.24. The second-order valence-electron chi connectivity index (χ2n) is 2.94. The minimum Gasteiger partial charge on any atom is -0.478 e. The Labute approximate surface area is 104 Å². The fraction of sp³-hybridized carbons (Fsp3) is 0.400. The van der Waals surface area contributed by atoms with E-state index >= 15 is 0 Å². The Balaban J connectivity index is 3.05. The second kappa shape index (κ2) is 5.96. The number of hydrogen-bond acceptors (Lipinski definition) is 4. The summed E-state index contributed by atoms with van der Waals surface area (Å²) in [6.07, 6.45) is 1.37. The van der Waals surface area contributed by atoms with Crippen LogP contribution in [-0.4, -0.2) is 28.4 Å². The molecule has 0 atom stereocenters. The molecule has 0 radical (unpaired) electrons. The van der Waals surface area contributed by atoms with Crippen molar-refractivity contribution < 1.29 is 9.90 Å². The molecule has 0 bridgehead atoms. The molecular weight excluding hydrogens is 248 g/mol. The first-order valence-electron chi connectivity index (χ1n) is 4.89. The summed E-state index contributed by atoms with van der Waals surface area (Å²) in [6, 6.07) is 1.50. The van der Waals surface area contributed by atoms with Gasteiger partial charge in [0.15, 0.2) is 0 Å². The van der Waals surface area contributed by atoms with E-state index in [4.69, 9.17) is 16.7 Å². The minimum atomic E-state index is -1.04. The maximum atomic E-state index is 10.9. The van der Waals surface area contributed by atoms with Crippen molar-refractivity contribution in [3.8, 4) is 0 Å². The molecule has 1 rings (SSSR count). The van der Waals surface area contributed by atoms with Crippen LogP contribution in [0.5, 0.6) is 0 Å². The van der Waals surface area contributed by atoms with Gasteiger partial charge in [-0.3, -0.25) is 0 Å². The molecule has 0 unspecified atom stereocenters. The summed E-state index contributed by atoms with van der Waals surface area (Å²) in [7, 11) is 0. The predicted octanol–water partition coefficient (Wildman–Crippen LogP) is 2.93. The Morgan fingerprint density at radius 2 is 2.31 bits per heavy atom. The number of aromatic carboxylic acids is 1. The van der Waals surface area contributed by atoms with E-state index < -0.39 is 5.97 Å². The van der Waals surface area contributed by atoms with Crippen LogP contribution in [0.25, 0.3) is 0 Å². The van der Waals surface area contributed by atoms with E-state index in [-0.39, 0.29) is 10.6 Å². The lowest BCUT2D eigenvalue weighted by molar-refractivity contribution is 0.0697. The summed E-state index contributed by atoms with van der Waals surface area (Å²) in [5, 5.41) is 9.10. The van der Waals surface area contributed by atoms with Crippen molar-refractivity contribution in [3.05, 3.63) is 22.8 Å². The first kappa shape index (κ1) is 13.1. The number of carbonyl (C=O) groups is 1. The highest BCUT2D eigenvalue weighted by molar-refractivity contribution is 8.00. The number of pyridine rings is 1. The molecule has 4 nitrogen and oxygen atoms in total. The molecule has 0 saturated carbocycles. The van der Waals surface area contributed by atoms with Crippen LogP contribution in [0.3, 0.4) is 0 Å². The highest BCUT2D eigenvalue weighted by atomic mass is 35.5. The molecule has 16 heavy (non-hydrogen) atoms. The molecule has 0 fully saturated rings. The molecule has 0 aliphatic rings. The maximum Gasteiger partial charge on any atom is 0.337 e. The molecule has 6 heteroatoms. The van der Waals surface area contributed by atoms with Crippen LogP contribution in [0.4, 0.5) is 5.82 Å². The molecule has 0 saturated heterocycles. The van der Waals surface area contributed by atoms with Crippen LogP contribution in [0, 0.1) is 0 Å². The molecule has 1 aromatic rings. The number of hydrogen-bond donors (Lipinski definition) is 1. The lowest BCUT2D eigenvalue weighted by Crippen LogP contribution is -2.16. The molecule has 1 heterocycles. The highest BCUT2D eigenvalue weighted by Gasteiger charge is 2.13. The van der Waals surface area contributed by atoms with Crippen LogP contribution >= 0.6 is 23.5 Å². The molecule has 0 aromatic carbocycles. The molecule has 0 spiro atoms. The van der Waals surface area contributed by atoms with E-state index in [1.54, 1.807) is 11.9 Å². The number of carboxylic acids is 1. The first-order valence-corrected chi connectivity index (χ1v) is 6.21. The van der Waals surface area contributed by atoms with Crippen molar-refractivity contribution in [2.24, 2.45) is 0 Å². The van der Waals surface area contributed by atoms with Crippen molar-refractivity contribution in [2.75, 3.05) is 16.6 Å². The zero-order valence-corrected chi connectivity index (χ0v) is 10.7. The molecule has 1 aromatic heterocycles.